The highest BCUT2D eigenvalue weighted by Gasteiger charge is 2.28. The maximum absolute atomic E-state index is 13.0. The molecule has 0 aliphatic carbocycles. The van der Waals surface area contributed by atoms with E-state index in [1.807, 2.05) is 35.0 Å². The molecule has 1 aliphatic rings. The number of benzene rings is 1. The summed E-state index contributed by atoms with van der Waals surface area (Å²) in [4.78, 5) is 18.2. The van der Waals surface area contributed by atoms with Gasteiger partial charge < -0.3 is 14.1 Å². The van der Waals surface area contributed by atoms with E-state index in [1.54, 1.807) is 6.26 Å². The fraction of sp³-hybridized carbons (Fsp3) is 0.440. The lowest BCUT2D eigenvalue weighted by Gasteiger charge is -2.29. The van der Waals surface area contributed by atoms with E-state index in [4.69, 9.17) is 9.15 Å². The fourth-order valence-corrected chi connectivity index (χ4v) is 4.75. The first-order valence-electron chi connectivity index (χ1n) is 11.9. The number of tetrazole rings is 1. The Morgan fingerprint density at radius 1 is 1.26 bits per heavy atom. The van der Waals surface area contributed by atoms with Gasteiger partial charge >= 0.3 is 0 Å². The van der Waals surface area contributed by atoms with Crippen LogP contribution in [-0.2, 0) is 24.4 Å². The summed E-state index contributed by atoms with van der Waals surface area (Å²) < 4.78 is 13.3. The van der Waals surface area contributed by atoms with Crippen LogP contribution in [0.2, 0.25) is 0 Å². The largest absolute Gasteiger partial charge is 0.468 e. The highest BCUT2D eigenvalue weighted by Crippen LogP contribution is 2.27. The number of aromatic nitrogens is 5. The Bertz CT molecular complexity index is 1290. The second kappa shape index (κ2) is 9.90. The van der Waals surface area contributed by atoms with Gasteiger partial charge in [-0.25, -0.2) is 4.68 Å². The molecular weight excluding hydrogens is 432 g/mol. The molecule has 1 aromatic carbocycles. The molecule has 2 atom stereocenters. The molecule has 34 heavy (non-hydrogen) atoms. The van der Waals surface area contributed by atoms with Crippen LogP contribution in [0.15, 0.2) is 51.9 Å². The van der Waals surface area contributed by atoms with Crippen LogP contribution in [0.25, 0.3) is 10.9 Å². The third-order valence-electron chi connectivity index (χ3n) is 6.47. The SMILES string of the molecule is CCC(c1nnnn1CC1CCCO1)N(Cc1ccco1)Cc1cc2cc(C)ccc2[nH]c1=O. The summed E-state index contributed by atoms with van der Waals surface area (Å²) in [5.41, 5.74) is 2.60. The minimum atomic E-state index is -0.103. The molecule has 4 heterocycles. The monoisotopic (exact) mass is 462 g/mol. The van der Waals surface area contributed by atoms with Crippen molar-refractivity contribution in [3.05, 3.63) is 75.7 Å². The van der Waals surface area contributed by atoms with Crippen LogP contribution >= 0.6 is 0 Å². The average molecular weight is 463 g/mol. The number of aryl methyl sites for hydroxylation is 1. The summed E-state index contributed by atoms with van der Waals surface area (Å²) in [6, 6.07) is 11.7. The van der Waals surface area contributed by atoms with Crippen LogP contribution < -0.4 is 5.56 Å². The number of nitrogens with zero attached hydrogens (tertiary/aromatic N) is 5. The molecule has 0 spiro atoms. The van der Waals surface area contributed by atoms with Gasteiger partial charge in [-0.2, -0.15) is 0 Å². The first-order chi connectivity index (χ1) is 16.6. The summed E-state index contributed by atoms with van der Waals surface area (Å²) in [6.07, 6.45) is 4.65. The van der Waals surface area contributed by atoms with Gasteiger partial charge in [0.05, 0.1) is 31.5 Å². The van der Waals surface area contributed by atoms with E-state index in [-0.39, 0.29) is 17.7 Å². The fourth-order valence-electron chi connectivity index (χ4n) is 4.75. The Morgan fingerprint density at radius 2 is 2.18 bits per heavy atom. The van der Waals surface area contributed by atoms with E-state index in [9.17, 15) is 4.79 Å². The second-order valence-electron chi connectivity index (χ2n) is 8.98. The van der Waals surface area contributed by atoms with Gasteiger partial charge in [0.2, 0.25) is 0 Å². The third kappa shape index (κ3) is 4.80. The van der Waals surface area contributed by atoms with Gasteiger partial charge in [-0.15, -0.1) is 5.10 Å². The molecule has 1 fully saturated rings. The summed E-state index contributed by atoms with van der Waals surface area (Å²) in [5, 5.41) is 13.6. The Morgan fingerprint density at radius 3 is 2.94 bits per heavy atom. The number of rotatable bonds is 9. The van der Waals surface area contributed by atoms with Crippen LogP contribution in [0, 0.1) is 6.92 Å². The molecule has 9 heteroatoms. The molecule has 5 rings (SSSR count). The minimum absolute atomic E-state index is 0.0883. The van der Waals surface area contributed by atoms with E-state index in [2.05, 4.69) is 45.3 Å². The molecule has 0 radical (unpaired) electrons. The molecule has 9 nitrogen and oxygen atoms in total. The standard InChI is InChI=1S/C25H30N6O3/c1-3-23(24-27-28-29-31(24)16-21-7-5-11-34-21)30(15-20-6-4-10-33-20)14-19-13-18-12-17(2)8-9-22(18)26-25(19)32/h4,6,8-10,12-13,21,23H,3,5,7,11,14-16H2,1-2H3,(H,26,32). The Hall–Kier alpha value is -3.30. The number of aromatic amines is 1. The lowest BCUT2D eigenvalue weighted by molar-refractivity contribution is 0.0882. The van der Waals surface area contributed by atoms with Crippen molar-refractivity contribution in [2.45, 2.75) is 64.9 Å². The molecule has 4 aromatic rings. The Kier molecular flexibility index (Phi) is 6.55. The van der Waals surface area contributed by atoms with E-state index in [1.165, 1.54) is 0 Å². The quantitative estimate of drug-likeness (QED) is 0.404. The molecule has 0 amide bonds. The maximum Gasteiger partial charge on any atom is 0.252 e. The van der Waals surface area contributed by atoms with Crippen LogP contribution in [0.5, 0.6) is 0 Å². The van der Waals surface area contributed by atoms with E-state index >= 15 is 0 Å². The van der Waals surface area contributed by atoms with Crippen molar-refractivity contribution in [1.29, 1.82) is 0 Å². The number of fused-ring (bicyclic) bond motifs is 1. The van der Waals surface area contributed by atoms with E-state index in [0.29, 0.717) is 25.2 Å². The van der Waals surface area contributed by atoms with Crippen LogP contribution in [-0.4, -0.2) is 42.8 Å². The smallest absolute Gasteiger partial charge is 0.252 e. The lowest BCUT2D eigenvalue weighted by Crippen LogP contribution is -2.33. The number of hydrogen-bond acceptors (Lipinski definition) is 7. The molecule has 0 saturated carbocycles. The Labute approximate surface area is 197 Å². The Balaban J connectivity index is 1.48. The topological polar surface area (TPSA) is 102 Å². The molecule has 1 saturated heterocycles. The summed E-state index contributed by atoms with van der Waals surface area (Å²) in [6.45, 7) is 6.54. The van der Waals surface area contributed by atoms with E-state index in [0.717, 1.165) is 53.9 Å². The maximum atomic E-state index is 13.0. The van der Waals surface area contributed by atoms with Crippen molar-refractivity contribution in [2.75, 3.05) is 6.61 Å². The van der Waals surface area contributed by atoms with Crippen molar-refractivity contribution in [2.24, 2.45) is 0 Å². The summed E-state index contributed by atoms with van der Waals surface area (Å²) in [7, 11) is 0. The first kappa shape index (κ1) is 22.5. The highest BCUT2D eigenvalue weighted by molar-refractivity contribution is 5.79. The van der Waals surface area contributed by atoms with Crippen molar-refractivity contribution in [3.8, 4) is 0 Å². The van der Waals surface area contributed by atoms with Crippen LogP contribution in [0.1, 0.15) is 54.9 Å². The number of H-pyrrole nitrogens is 1. The number of nitrogens with one attached hydrogen (secondary N) is 1. The molecule has 178 valence electrons. The predicted octanol–water partition coefficient (Wildman–Crippen LogP) is 3.75. The molecule has 1 aliphatic heterocycles. The van der Waals surface area contributed by atoms with Gasteiger partial charge in [0, 0.05) is 24.2 Å². The van der Waals surface area contributed by atoms with Crippen molar-refractivity contribution < 1.29 is 9.15 Å². The minimum Gasteiger partial charge on any atom is -0.468 e. The average Bonchev–Trinajstić information content (AvgIpc) is 3.60. The van der Waals surface area contributed by atoms with E-state index < -0.39 is 0 Å². The summed E-state index contributed by atoms with van der Waals surface area (Å²) >= 11 is 0. The number of hydrogen-bond donors (Lipinski definition) is 1. The molecule has 3 aromatic heterocycles. The number of furan rings is 1. The van der Waals surface area contributed by atoms with Crippen LogP contribution in [0.3, 0.4) is 0 Å². The van der Waals surface area contributed by atoms with Crippen molar-refractivity contribution >= 4 is 10.9 Å². The van der Waals surface area contributed by atoms with Crippen molar-refractivity contribution in [1.82, 2.24) is 30.1 Å². The van der Waals surface area contributed by atoms with Gasteiger partial charge in [0.25, 0.3) is 5.56 Å². The zero-order chi connectivity index (χ0) is 23.5. The molecule has 0 bridgehead atoms. The zero-order valence-corrected chi connectivity index (χ0v) is 19.6. The molecule has 2 unspecified atom stereocenters. The van der Waals surface area contributed by atoms with Crippen LogP contribution in [0.4, 0.5) is 0 Å². The van der Waals surface area contributed by atoms with Crippen molar-refractivity contribution in [3.63, 3.8) is 0 Å². The predicted molar refractivity (Wildman–Crippen MR) is 127 cm³/mol. The highest BCUT2D eigenvalue weighted by atomic mass is 16.5. The number of ether oxygens (including phenoxy) is 1. The van der Waals surface area contributed by atoms with Gasteiger partial charge in [0.15, 0.2) is 5.82 Å². The molecular formula is C25H30N6O3. The zero-order valence-electron chi connectivity index (χ0n) is 19.6. The van der Waals surface area contributed by atoms with Gasteiger partial charge in [-0.3, -0.25) is 9.69 Å². The van der Waals surface area contributed by atoms with Gasteiger partial charge in [-0.1, -0.05) is 18.6 Å². The second-order valence-corrected chi connectivity index (χ2v) is 8.98. The summed E-state index contributed by atoms with van der Waals surface area (Å²) in [5.74, 6) is 1.60. The third-order valence-corrected chi connectivity index (χ3v) is 6.47. The number of pyridine rings is 1. The van der Waals surface area contributed by atoms with Gasteiger partial charge in [0.1, 0.15) is 5.76 Å². The lowest BCUT2D eigenvalue weighted by atomic mass is 10.1. The molecule has 1 N–H and O–H groups in total. The normalized spacial score (nSPS) is 17.1. The van der Waals surface area contributed by atoms with Gasteiger partial charge in [-0.05, 0) is 72.3 Å². The first-order valence-corrected chi connectivity index (χ1v) is 11.9.